The van der Waals surface area contributed by atoms with Crippen LogP contribution in [-0.4, -0.2) is 20.4 Å². The standard InChI is InChI=1S/C12H13N5O3/c1-7-5-17(12(20)15-10(7)18)6-9-3-2-8(4-14-9)11(19)16-13/h2-5H,6,13H2,1H3,(H,16,19)(H,15,18,20). The second-order valence-corrected chi connectivity index (χ2v) is 4.21. The van der Waals surface area contributed by atoms with E-state index < -0.39 is 17.2 Å². The highest BCUT2D eigenvalue weighted by molar-refractivity contribution is 5.93. The van der Waals surface area contributed by atoms with Gasteiger partial charge in [-0.2, -0.15) is 0 Å². The number of hydrogen-bond acceptors (Lipinski definition) is 5. The fourth-order valence-corrected chi connectivity index (χ4v) is 1.65. The van der Waals surface area contributed by atoms with Crippen molar-refractivity contribution in [2.45, 2.75) is 13.5 Å². The van der Waals surface area contributed by atoms with Gasteiger partial charge in [0, 0.05) is 18.0 Å². The monoisotopic (exact) mass is 275 g/mol. The predicted octanol–water partition coefficient (Wildman–Crippen LogP) is -1.11. The van der Waals surface area contributed by atoms with Gasteiger partial charge in [-0.1, -0.05) is 0 Å². The van der Waals surface area contributed by atoms with Crippen LogP contribution in [0.4, 0.5) is 0 Å². The molecule has 0 spiro atoms. The van der Waals surface area contributed by atoms with Crippen LogP contribution in [0.25, 0.3) is 0 Å². The zero-order valence-corrected chi connectivity index (χ0v) is 10.7. The summed E-state index contributed by atoms with van der Waals surface area (Å²) in [5, 5.41) is 0. The van der Waals surface area contributed by atoms with Crippen molar-refractivity contribution in [3.63, 3.8) is 0 Å². The molecule has 8 nitrogen and oxygen atoms in total. The fourth-order valence-electron chi connectivity index (χ4n) is 1.65. The molecule has 0 aliphatic carbocycles. The molecule has 0 aliphatic heterocycles. The van der Waals surface area contributed by atoms with Crippen molar-refractivity contribution in [1.29, 1.82) is 0 Å². The molecule has 8 heteroatoms. The second-order valence-electron chi connectivity index (χ2n) is 4.21. The van der Waals surface area contributed by atoms with Crippen LogP contribution in [0.5, 0.6) is 0 Å². The van der Waals surface area contributed by atoms with Gasteiger partial charge in [0.05, 0.1) is 17.8 Å². The van der Waals surface area contributed by atoms with E-state index in [9.17, 15) is 14.4 Å². The highest BCUT2D eigenvalue weighted by Gasteiger charge is 2.06. The lowest BCUT2D eigenvalue weighted by molar-refractivity contribution is 0.0953. The Labute approximate surface area is 113 Å². The first-order valence-corrected chi connectivity index (χ1v) is 5.77. The third-order valence-corrected chi connectivity index (χ3v) is 2.74. The van der Waals surface area contributed by atoms with Crippen molar-refractivity contribution in [2.75, 3.05) is 0 Å². The summed E-state index contributed by atoms with van der Waals surface area (Å²) < 4.78 is 1.34. The van der Waals surface area contributed by atoms with Crippen LogP contribution in [0.1, 0.15) is 21.6 Å². The van der Waals surface area contributed by atoms with E-state index in [4.69, 9.17) is 5.84 Å². The summed E-state index contributed by atoms with van der Waals surface area (Å²) in [6.45, 7) is 1.80. The van der Waals surface area contributed by atoms with Crippen molar-refractivity contribution in [1.82, 2.24) is 20.0 Å². The zero-order valence-electron chi connectivity index (χ0n) is 10.7. The number of pyridine rings is 1. The molecule has 0 saturated carbocycles. The Morgan fingerprint density at radius 3 is 2.80 bits per heavy atom. The average molecular weight is 275 g/mol. The van der Waals surface area contributed by atoms with E-state index in [2.05, 4.69) is 9.97 Å². The fraction of sp³-hybridized carbons (Fsp3) is 0.167. The number of carbonyl (C=O) groups excluding carboxylic acids is 1. The molecule has 0 aromatic carbocycles. The molecule has 4 N–H and O–H groups in total. The van der Waals surface area contributed by atoms with Gasteiger partial charge in [-0.3, -0.25) is 29.5 Å². The molecule has 0 atom stereocenters. The SMILES string of the molecule is Cc1cn(Cc2ccc(C(=O)NN)cn2)c(=O)[nH]c1=O. The summed E-state index contributed by atoms with van der Waals surface area (Å²) in [6, 6.07) is 3.16. The summed E-state index contributed by atoms with van der Waals surface area (Å²) >= 11 is 0. The Morgan fingerprint density at radius 2 is 2.20 bits per heavy atom. The van der Waals surface area contributed by atoms with Crippen molar-refractivity contribution in [3.05, 3.63) is 62.2 Å². The Hall–Kier alpha value is -2.74. The number of nitrogens with zero attached hydrogens (tertiary/aromatic N) is 2. The van der Waals surface area contributed by atoms with Gasteiger partial charge in [0.15, 0.2) is 0 Å². The van der Waals surface area contributed by atoms with Crippen molar-refractivity contribution >= 4 is 5.91 Å². The first-order chi connectivity index (χ1) is 9.51. The maximum atomic E-state index is 11.6. The highest BCUT2D eigenvalue weighted by Crippen LogP contribution is 2.01. The largest absolute Gasteiger partial charge is 0.328 e. The molecule has 0 bridgehead atoms. The van der Waals surface area contributed by atoms with Gasteiger partial charge in [0.1, 0.15) is 0 Å². The molecule has 0 unspecified atom stereocenters. The van der Waals surface area contributed by atoms with Crippen LogP contribution in [-0.2, 0) is 6.54 Å². The number of aromatic amines is 1. The topological polar surface area (TPSA) is 123 Å². The third kappa shape index (κ3) is 2.81. The molecular formula is C12H13N5O3. The van der Waals surface area contributed by atoms with E-state index in [1.165, 1.54) is 17.0 Å². The lowest BCUT2D eigenvalue weighted by atomic mass is 10.2. The smallest absolute Gasteiger partial charge is 0.294 e. The zero-order chi connectivity index (χ0) is 14.7. The van der Waals surface area contributed by atoms with Crippen molar-refractivity contribution < 1.29 is 4.79 Å². The second kappa shape index (κ2) is 5.49. The van der Waals surface area contributed by atoms with Gasteiger partial charge >= 0.3 is 5.69 Å². The molecule has 2 aromatic heterocycles. The predicted molar refractivity (Wildman–Crippen MR) is 71.1 cm³/mol. The Balaban J connectivity index is 2.27. The lowest BCUT2D eigenvalue weighted by Crippen LogP contribution is -2.31. The molecule has 0 fully saturated rings. The third-order valence-electron chi connectivity index (χ3n) is 2.74. The molecule has 0 aliphatic rings. The molecule has 0 radical (unpaired) electrons. The van der Waals surface area contributed by atoms with E-state index in [0.717, 1.165) is 0 Å². The Morgan fingerprint density at radius 1 is 1.45 bits per heavy atom. The maximum Gasteiger partial charge on any atom is 0.328 e. The van der Waals surface area contributed by atoms with Crippen molar-refractivity contribution in [2.24, 2.45) is 5.84 Å². The van der Waals surface area contributed by atoms with E-state index >= 15 is 0 Å². The minimum absolute atomic E-state index is 0.195. The quantitative estimate of drug-likeness (QED) is 0.372. The average Bonchev–Trinajstić information content (AvgIpc) is 2.44. The molecule has 1 amide bonds. The normalized spacial score (nSPS) is 10.3. The first kappa shape index (κ1) is 13.7. The van der Waals surface area contributed by atoms with Crippen LogP contribution >= 0.6 is 0 Å². The number of aromatic nitrogens is 3. The van der Waals surface area contributed by atoms with Gasteiger partial charge in [-0.05, 0) is 19.1 Å². The van der Waals surface area contributed by atoms with Gasteiger partial charge < -0.3 is 0 Å². The highest BCUT2D eigenvalue weighted by atomic mass is 16.2. The van der Waals surface area contributed by atoms with Gasteiger partial charge in [0.25, 0.3) is 11.5 Å². The number of hydrogen-bond donors (Lipinski definition) is 3. The number of H-pyrrole nitrogens is 1. The number of nitrogen functional groups attached to an aromatic ring is 1. The number of rotatable bonds is 3. The number of carbonyl (C=O) groups is 1. The van der Waals surface area contributed by atoms with Gasteiger partial charge in [0.2, 0.25) is 0 Å². The van der Waals surface area contributed by atoms with E-state index in [-0.39, 0.29) is 6.54 Å². The van der Waals surface area contributed by atoms with E-state index in [1.54, 1.807) is 19.1 Å². The summed E-state index contributed by atoms with van der Waals surface area (Å²) in [4.78, 5) is 40.4. The number of nitrogens with two attached hydrogens (primary N) is 1. The van der Waals surface area contributed by atoms with Crippen molar-refractivity contribution in [3.8, 4) is 0 Å². The molecule has 20 heavy (non-hydrogen) atoms. The minimum Gasteiger partial charge on any atom is -0.294 e. The van der Waals surface area contributed by atoms with Crippen LogP contribution in [0.2, 0.25) is 0 Å². The Bertz CT molecular complexity index is 745. The summed E-state index contributed by atoms with van der Waals surface area (Å²) in [7, 11) is 0. The molecule has 2 rings (SSSR count). The first-order valence-electron chi connectivity index (χ1n) is 5.77. The number of aryl methyl sites for hydroxylation is 1. The number of amides is 1. The number of nitrogens with one attached hydrogen (secondary N) is 2. The molecule has 2 aromatic rings. The van der Waals surface area contributed by atoms with E-state index in [0.29, 0.717) is 16.8 Å². The summed E-state index contributed by atoms with van der Waals surface area (Å²) in [6.07, 6.45) is 2.82. The van der Waals surface area contributed by atoms with Crippen LogP contribution < -0.4 is 22.5 Å². The van der Waals surface area contributed by atoms with Gasteiger partial charge in [-0.15, -0.1) is 0 Å². The molecule has 2 heterocycles. The lowest BCUT2D eigenvalue weighted by Gasteiger charge is -2.06. The van der Waals surface area contributed by atoms with Crippen LogP contribution in [0.15, 0.2) is 34.1 Å². The molecule has 0 saturated heterocycles. The Kier molecular flexibility index (Phi) is 3.76. The van der Waals surface area contributed by atoms with E-state index in [1.807, 2.05) is 5.43 Å². The molecular weight excluding hydrogens is 262 g/mol. The minimum atomic E-state index is -0.508. The van der Waals surface area contributed by atoms with Crippen LogP contribution in [0, 0.1) is 6.92 Å². The summed E-state index contributed by atoms with van der Waals surface area (Å²) in [5.41, 5.74) is 2.41. The number of hydrazine groups is 1. The summed E-state index contributed by atoms with van der Waals surface area (Å²) in [5.74, 6) is 4.57. The molecule has 104 valence electrons. The van der Waals surface area contributed by atoms with Crippen LogP contribution in [0.3, 0.4) is 0 Å². The van der Waals surface area contributed by atoms with Gasteiger partial charge in [-0.25, -0.2) is 10.6 Å². The maximum absolute atomic E-state index is 11.6.